The van der Waals surface area contributed by atoms with E-state index in [1.54, 1.807) is 0 Å². The molecule has 1 aromatic rings. The molecule has 0 saturated heterocycles. The molecular weight excluding hydrogens is 210 g/mol. The van der Waals surface area contributed by atoms with Gasteiger partial charge in [-0.25, -0.2) is 0 Å². The van der Waals surface area contributed by atoms with E-state index >= 15 is 0 Å². The first-order valence-corrected chi connectivity index (χ1v) is 6.45. The van der Waals surface area contributed by atoms with Crippen LogP contribution in [0.3, 0.4) is 0 Å². The normalized spacial score (nSPS) is 19.3. The minimum Gasteiger partial charge on any atom is -0.326 e. The van der Waals surface area contributed by atoms with Crippen LogP contribution in [0.2, 0.25) is 0 Å². The maximum Gasteiger partial charge on any atom is 0.224 e. The van der Waals surface area contributed by atoms with Gasteiger partial charge in [-0.1, -0.05) is 12.1 Å². The third kappa shape index (κ3) is 2.12. The van der Waals surface area contributed by atoms with E-state index in [2.05, 4.69) is 29.6 Å². The average molecular weight is 227 g/mol. The Balaban J connectivity index is 1.93. The number of benzene rings is 1. The number of hydrogen-bond donors (Lipinski definition) is 1. The monoisotopic (exact) mass is 227 g/mol. The molecule has 1 amide bonds. The SMILES string of the molecule is O=C1CCc2cc(C3=CCCCC3)ccc2N1. The van der Waals surface area contributed by atoms with Crippen LogP contribution >= 0.6 is 0 Å². The highest BCUT2D eigenvalue weighted by Gasteiger charge is 2.15. The molecule has 1 aliphatic heterocycles. The maximum atomic E-state index is 11.3. The zero-order valence-corrected chi connectivity index (χ0v) is 9.96. The van der Waals surface area contributed by atoms with Crippen LogP contribution in [0.5, 0.6) is 0 Å². The predicted octanol–water partition coefficient (Wildman–Crippen LogP) is 3.53. The first-order chi connectivity index (χ1) is 8.33. The Kier molecular flexibility index (Phi) is 2.71. The summed E-state index contributed by atoms with van der Waals surface area (Å²) in [5.41, 5.74) is 5.12. The third-order valence-corrected chi connectivity index (χ3v) is 3.66. The molecule has 0 atom stereocenters. The first kappa shape index (κ1) is 10.6. The molecule has 3 rings (SSSR count). The zero-order valence-electron chi connectivity index (χ0n) is 9.96. The molecule has 0 spiro atoms. The molecule has 2 aliphatic rings. The Labute approximate surface area is 102 Å². The molecule has 0 unspecified atom stereocenters. The summed E-state index contributed by atoms with van der Waals surface area (Å²) in [5.74, 6) is 0.141. The minimum absolute atomic E-state index is 0.141. The maximum absolute atomic E-state index is 11.3. The van der Waals surface area contributed by atoms with Gasteiger partial charge in [-0.3, -0.25) is 4.79 Å². The summed E-state index contributed by atoms with van der Waals surface area (Å²) in [6.07, 6.45) is 8.91. The summed E-state index contributed by atoms with van der Waals surface area (Å²) in [6, 6.07) is 6.45. The molecule has 1 aliphatic carbocycles. The van der Waals surface area contributed by atoms with Crippen LogP contribution < -0.4 is 5.32 Å². The van der Waals surface area contributed by atoms with Crippen molar-refractivity contribution in [1.82, 2.24) is 0 Å². The Morgan fingerprint density at radius 1 is 1.06 bits per heavy atom. The van der Waals surface area contributed by atoms with Crippen molar-refractivity contribution in [2.45, 2.75) is 38.5 Å². The Morgan fingerprint density at radius 3 is 2.82 bits per heavy atom. The highest BCUT2D eigenvalue weighted by molar-refractivity contribution is 5.94. The fraction of sp³-hybridized carbons (Fsp3) is 0.400. The van der Waals surface area contributed by atoms with Crippen LogP contribution in [0.4, 0.5) is 5.69 Å². The number of carbonyl (C=O) groups excluding carboxylic acids is 1. The topological polar surface area (TPSA) is 29.1 Å². The molecule has 1 heterocycles. The lowest BCUT2D eigenvalue weighted by molar-refractivity contribution is -0.116. The van der Waals surface area contributed by atoms with Crippen LogP contribution in [0, 0.1) is 0 Å². The van der Waals surface area contributed by atoms with E-state index in [4.69, 9.17) is 0 Å². The average Bonchev–Trinajstić information content (AvgIpc) is 2.39. The lowest BCUT2D eigenvalue weighted by atomic mass is 9.91. The van der Waals surface area contributed by atoms with Gasteiger partial charge in [-0.2, -0.15) is 0 Å². The van der Waals surface area contributed by atoms with E-state index in [0.717, 1.165) is 12.1 Å². The smallest absolute Gasteiger partial charge is 0.224 e. The molecule has 2 nitrogen and oxygen atoms in total. The lowest BCUT2D eigenvalue weighted by Gasteiger charge is -2.19. The first-order valence-electron chi connectivity index (χ1n) is 6.45. The van der Waals surface area contributed by atoms with Gasteiger partial charge in [0.15, 0.2) is 0 Å². The van der Waals surface area contributed by atoms with Crippen LogP contribution in [-0.2, 0) is 11.2 Å². The summed E-state index contributed by atoms with van der Waals surface area (Å²) in [6.45, 7) is 0. The molecule has 0 saturated carbocycles. The Hall–Kier alpha value is -1.57. The van der Waals surface area contributed by atoms with Crippen molar-refractivity contribution in [3.63, 3.8) is 0 Å². The van der Waals surface area contributed by atoms with Gasteiger partial charge < -0.3 is 5.32 Å². The van der Waals surface area contributed by atoms with Gasteiger partial charge in [0, 0.05) is 12.1 Å². The minimum atomic E-state index is 0.141. The van der Waals surface area contributed by atoms with Crippen LogP contribution in [0.15, 0.2) is 24.3 Å². The van der Waals surface area contributed by atoms with Gasteiger partial charge in [0.25, 0.3) is 0 Å². The molecular formula is C15H17NO. The molecule has 0 bridgehead atoms. The predicted molar refractivity (Wildman–Crippen MR) is 69.8 cm³/mol. The number of fused-ring (bicyclic) bond motifs is 1. The molecule has 88 valence electrons. The number of aryl methyl sites for hydroxylation is 1. The van der Waals surface area contributed by atoms with E-state index in [1.165, 1.54) is 42.4 Å². The molecule has 1 N–H and O–H groups in total. The van der Waals surface area contributed by atoms with E-state index in [1.807, 2.05) is 0 Å². The lowest BCUT2D eigenvalue weighted by Crippen LogP contribution is -2.18. The second-order valence-corrected chi connectivity index (χ2v) is 4.90. The number of nitrogens with one attached hydrogen (secondary N) is 1. The van der Waals surface area contributed by atoms with Gasteiger partial charge in [0.05, 0.1) is 0 Å². The zero-order chi connectivity index (χ0) is 11.7. The second-order valence-electron chi connectivity index (χ2n) is 4.90. The van der Waals surface area contributed by atoms with Crippen molar-refractivity contribution in [2.24, 2.45) is 0 Å². The molecule has 0 radical (unpaired) electrons. The highest BCUT2D eigenvalue weighted by atomic mass is 16.1. The van der Waals surface area contributed by atoms with Crippen molar-refractivity contribution in [1.29, 1.82) is 0 Å². The van der Waals surface area contributed by atoms with Gasteiger partial charge in [0.2, 0.25) is 5.91 Å². The molecule has 17 heavy (non-hydrogen) atoms. The standard InChI is InChI=1S/C15H17NO/c17-15-9-7-13-10-12(6-8-14(13)16-15)11-4-2-1-3-5-11/h4,6,8,10H,1-3,5,7,9H2,(H,16,17). The van der Waals surface area contributed by atoms with Crippen molar-refractivity contribution >= 4 is 17.2 Å². The fourth-order valence-electron chi connectivity index (χ4n) is 2.68. The number of allylic oxidation sites excluding steroid dienone is 2. The third-order valence-electron chi connectivity index (χ3n) is 3.66. The van der Waals surface area contributed by atoms with Gasteiger partial charge >= 0.3 is 0 Å². The van der Waals surface area contributed by atoms with Gasteiger partial charge in [0.1, 0.15) is 0 Å². The molecule has 0 aromatic heterocycles. The van der Waals surface area contributed by atoms with E-state index in [-0.39, 0.29) is 5.91 Å². The fourth-order valence-corrected chi connectivity index (χ4v) is 2.68. The number of hydrogen-bond acceptors (Lipinski definition) is 1. The summed E-state index contributed by atoms with van der Waals surface area (Å²) in [7, 11) is 0. The van der Waals surface area contributed by atoms with Gasteiger partial charge in [-0.15, -0.1) is 0 Å². The van der Waals surface area contributed by atoms with Gasteiger partial charge in [-0.05, 0) is 60.9 Å². The van der Waals surface area contributed by atoms with Crippen molar-refractivity contribution < 1.29 is 4.79 Å². The van der Waals surface area contributed by atoms with E-state index < -0.39 is 0 Å². The number of carbonyl (C=O) groups is 1. The van der Waals surface area contributed by atoms with Crippen LogP contribution in [-0.4, -0.2) is 5.91 Å². The Bertz CT molecular complexity index is 488. The highest BCUT2D eigenvalue weighted by Crippen LogP contribution is 2.31. The number of amides is 1. The van der Waals surface area contributed by atoms with Crippen LogP contribution in [0.25, 0.3) is 5.57 Å². The number of rotatable bonds is 1. The van der Waals surface area contributed by atoms with Crippen molar-refractivity contribution in [3.05, 3.63) is 35.4 Å². The summed E-state index contributed by atoms with van der Waals surface area (Å²) in [5, 5.41) is 2.93. The second kappa shape index (κ2) is 4.36. The number of anilines is 1. The van der Waals surface area contributed by atoms with Crippen molar-refractivity contribution in [2.75, 3.05) is 5.32 Å². The summed E-state index contributed by atoms with van der Waals surface area (Å²) >= 11 is 0. The van der Waals surface area contributed by atoms with E-state index in [9.17, 15) is 4.79 Å². The Morgan fingerprint density at radius 2 is 2.00 bits per heavy atom. The summed E-state index contributed by atoms with van der Waals surface area (Å²) < 4.78 is 0. The molecule has 1 aromatic carbocycles. The largest absolute Gasteiger partial charge is 0.326 e. The van der Waals surface area contributed by atoms with E-state index in [0.29, 0.717) is 6.42 Å². The summed E-state index contributed by atoms with van der Waals surface area (Å²) in [4.78, 5) is 11.3. The molecule has 2 heteroatoms. The quantitative estimate of drug-likeness (QED) is 0.781. The van der Waals surface area contributed by atoms with Crippen molar-refractivity contribution in [3.8, 4) is 0 Å². The van der Waals surface area contributed by atoms with Crippen LogP contribution in [0.1, 0.15) is 43.2 Å². The molecule has 0 fully saturated rings.